The number of aryl methyl sites for hydroxylation is 1. The Hall–Kier alpha value is -2.67. The third-order valence-electron chi connectivity index (χ3n) is 4.54. The van der Waals surface area contributed by atoms with Crippen LogP contribution in [0.3, 0.4) is 0 Å². The maximum Gasteiger partial charge on any atom is 0.264 e. The van der Waals surface area contributed by atoms with Crippen molar-refractivity contribution >= 4 is 33.1 Å². The normalized spacial score (nSPS) is 14.7. The Kier molecular flexibility index (Phi) is 4.46. The number of hydrogen-bond acceptors (Lipinski definition) is 6. The van der Waals surface area contributed by atoms with Gasteiger partial charge in [-0.05, 0) is 24.4 Å². The zero-order valence-electron chi connectivity index (χ0n) is 14.8. The van der Waals surface area contributed by atoms with Gasteiger partial charge in [0.05, 0.1) is 12.0 Å². The predicted octanol–water partition coefficient (Wildman–Crippen LogP) is 2.97. The number of amides is 1. The van der Waals surface area contributed by atoms with Gasteiger partial charge in [0, 0.05) is 36.9 Å². The Morgan fingerprint density at radius 2 is 1.88 bits per heavy atom. The van der Waals surface area contributed by atoms with Gasteiger partial charge in [-0.2, -0.15) is 4.98 Å². The van der Waals surface area contributed by atoms with Crippen LogP contribution in [0.15, 0.2) is 36.4 Å². The molecule has 6 nitrogen and oxygen atoms in total. The molecular formula is C19H20N4O2S. The van der Waals surface area contributed by atoms with Crippen LogP contribution in [-0.4, -0.2) is 54.1 Å². The first-order valence-electron chi connectivity index (χ1n) is 8.56. The fourth-order valence-electron chi connectivity index (χ4n) is 3.17. The Morgan fingerprint density at radius 1 is 1.12 bits per heavy atom. The first-order chi connectivity index (χ1) is 12.6. The molecule has 2 aromatic heterocycles. The average Bonchev–Trinajstić information content (AvgIpc) is 3.11. The number of carbonyl (C=O) groups is 1. The molecule has 1 saturated heterocycles. The van der Waals surface area contributed by atoms with E-state index in [0.717, 1.165) is 33.9 Å². The lowest BCUT2D eigenvalue weighted by Crippen LogP contribution is -2.49. The molecule has 1 aliphatic heterocycles. The van der Waals surface area contributed by atoms with Crippen molar-refractivity contribution in [2.45, 2.75) is 6.92 Å². The van der Waals surface area contributed by atoms with Crippen molar-refractivity contribution in [2.75, 3.05) is 38.2 Å². The molecule has 3 heterocycles. The largest absolute Gasteiger partial charge is 0.481 e. The van der Waals surface area contributed by atoms with Crippen LogP contribution in [0.1, 0.15) is 15.5 Å². The first-order valence-corrected chi connectivity index (χ1v) is 9.38. The Balaban J connectivity index is 1.46. The van der Waals surface area contributed by atoms with Crippen LogP contribution in [0, 0.1) is 6.92 Å². The van der Waals surface area contributed by atoms with Crippen LogP contribution in [0.5, 0.6) is 5.88 Å². The standard InChI is InChI=1S/C19H20N4O2S/c1-13-20-17(12-18(21-13)25-2)22-7-9-23(10-8-22)19(24)16-11-14-5-3-4-6-15(14)26-16/h3-6,11-12H,7-10H2,1-2H3. The van der Waals surface area contributed by atoms with E-state index in [-0.39, 0.29) is 5.91 Å². The fourth-order valence-corrected chi connectivity index (χ4v) is 4.20. The van der Waals surface area contributed by atoms with Gasteiger partial charge in [-0.3, -0.25) is 4.79 Å². The molecule has 1 aliphatic rings. The molecule has 1 fully saturated rings. The number of nitrogens with zero attached hydrogens (tertiary/aromatic N) is 4. The lowest BCUT2D eigenvalue weighted by Gasteiger charge is -2.35. The van der Waals surface area contributed by atoms with Crippen molar-refractivity contribution in [3.63, 3.8) is 0 Å². The summed E-state index contributed by atoms with van der Waals surface area (Å²) in [6.45, 7) is 4.70. The molecular weight excluding hydrogens is 348 g/mol. The van der Waals surface area contributed by atoms with Gasteiger partial charge in [-0.1, -0.05) is 18.2 Å². The highest BCUT2D eigenvalue weighted by molar-refractivity contribution is 7.20. The van der Waals surface area contributed by atoms with Gasteiger partial charge >= 0.3 is 0 Å². The van der Waals surface area contributed by atoms with E-state index >= 15 is 0 Å². The van der Waals surface area contributed by atoms with Gasteiger partial charge in [-0.25, -0.2) is 4.98 Å². The van der Waals surface area contributed by atoms with E-state index in [1.807, 2.05) is 42.2 Å². The number of benzene rings is 1. The number of aromatic nitrogens is 2. The molecule has 0 aliphatic carbocycles. The number of hydrogen-bond donors (Lipinski definition) is 0. The summed E-state index contributed by atoms with van der Waals surface area (Å²) >= 11 is 1.56. The highest BCUT2D eigenvalue weighted by atomic mass is 32.1. The second-order valence-electron chi connectivity index (χ2n) is 6.24. The van der Waals surface area contributed by atoms with Crippen LogP contribution in [0.4, 0.5) is 5.82 Å². The smallest absolute Gasteiger partial charge is 0.264 e. The molecule has 0 radical (unpaired) electrons. The quantitative estimate of drug-likeness (QED) is 0.711. The molecule has 7 heteroatoms. The second-order valence-corrected chi connectivity index (χ2v) is 7.33. The van der Waals surface area contributed by atoms with E-state index in [9.17, 15) is 4.79 Å². The lowest BCUT2D eigenvalue weighted by molar-refractivity contribution is 0.0751. The molecule has 0 unspecified atom stereocenters. The molecule has 0 bridgehead atoms. The molecule has 0 atom stereocenters. The lowest BCUT2D eigenvalue weighted by atomic mass is 10.2. The fraction of sp³-hybridized carbons (Fsp3) is 0.316. The predicted molar refractivity (Wildman–Crippen MR) is 103 cm³/mol. The van der Waals surface area contributed by atoms with Crippen LogP contribution >= 0.6 is 11.3 Å². The highest BCUT2D eigenvalue weighted by Gasteiger charge is 2.24. The van der Waals surface area contributed by atoms with Crippen LogP contribution in [-0.2, 0) is 0 Å². The number of ether oxygens (including phenoxy) is 1. The summed E-state index contributed by atoms with van der Waals surface area (Å²) in [4.78, 5) is 26.5. The first kappa shape index (κ1) is 16.8. The number of piperazine rings is 1. The molecule has 0 saturated carbocycles. The Labute approximate surface area is 156 Å². The molecule has 1 amide bonds. The summed E-state index contributed by atoms with van der Waals surface area (Å²) in [5.41, 5.74) is 0. The van der Waals surface area contributed by atoms with Crippen molar-refractivity contribution in [3.05, 3.63) is 47.1 Å². The molecule has 3 aromatic rings. The van der Waals surface area contributed by atoms with Gasteiger partial charge < -0.3 is 14.5 Å². The SMILES string of the molecule is COc1cc(N2CCN(C(=O)c3cc4ccccc4s3)CC2)nc(C)n1. The monoisotopic (exact) mass is 368 g/mol. The van der Waals surface area contributed by atoms with E-state index in [4.69, 9.17) is 4.74 Å². The number of anilines is 1. The van der Waals surface area contributed by atoms with E-state index in [2.05, 4.69) is 20.9 Å². The topological polar surface area (TPSA) is 58.6 Å². The molecule has 4 rings (SSSR count). The van der Waals surface area contributed by atoms with E-state index in [1.54, 1.807) is 18.4 Å². The third kappa shape index (κ3) is 3.22. The molecule has 0 spiro atoms. The van der Waals surface area contributed by atoms with Crippen molar-refractivity contribution in [3.8, 4) is 5.88 Å². The Bertz CT molecular complexity index is 915. The maximum absolute atomic E-state index is 12.8. The van der Waals surface area contributed by atoms with Crippen LogP contribution in [0.25, 0.3) is 10.1 Å². The third-order valence-corrected chi connectivity index (χ3v) is 5.64. The summed E-state index contributed by atoms with van der Waals surface area (Å²) in [5, 5.41) is 1.13. The Morgan fingerprint density at radius 3 is 2.62 bits per heavy atom. The average molecular weight is 368 g/mol. The zero-order chi connectivity index (χ0) is 18.1. The minimum Gasteiger partial charge on any atom is -0.481 e. The highest BCUT2D eigenvalue weighted by Crippen LogP contribution is 2.27. The van der Waals surface area contributed by atoms with Gasteiger partial charge in [-0.15, -0.1) is 11.3 Å². The summed E-state index contributed by atoms with van der Waals surface area (Å²) in [6.07, 6.45) is 0. The molecule has 1 aromatic carbocycles. The summed E-state index contributed by atoms with van der Waals surface area (Å²) < 4.78 is 6.38. The van der Waals surface area contributed by atoms with Gasteiger partial charge in [0.1, 0.15) is 11.6 Å². The summed E-state index contributed by atoms with van der Waals surface area (Å²) in [7, 11) is 1.60. The van der Waals surface area contributed by atoms with Gasteiger partial charge in [0.15, 0.2) is 0 Å². The number of methoxy groups -OCH3 is 1. The van der Waals surface area contributed by atoms with Gasteiger partial charge in [0.2, 0.25) is 5.88 Å². The summed E-state index contributed by atoms with van der Waals surface area (Å²) in [5.74, 6) is 2.21. The number of carbonyl (C=O) groups excluding carboxylic acids is 1. The number of fused-ring (bicyclic) bond motifs is 1. The van der Waals surface area contributed by atoms with E-state index < -0.39 is 0 Å². The van der Waals surface area contributed by atoms with Crippen LogP contribution < -0.4 is 9.64 Å². The van der Waals surface area contributed by atoms with Crippen molar-refractivity contribution < 1.29 is 9.53 Å². The molecule has 0 N–H and O–H groups in total. The van der Waals surface area contributed by atoms with Gasteiger partial charge in [0.25, 0.3) is 5.91 Å². The number of rotatable bonds is 3. The second kappa shape index (κ2) is 6.92. The van der Waals surface area contributed by atoms with E-state index in [1.165, 1.54) is 0 Å². The molecule has 134 valence electrons. The number of thiophene rings is 1. The van der Waals surface area contributed by atoms with Crippen molar-refractivity contribution in [1.82, 2.24) is 14.9 Å². The minimum absolute atomic E-state index is 0.113. The minimum atomic E-state index is 0.113. The molecule has 26 heavy (non-hydrogen) atoms. The van der Waals surface area contributed by atoms with E-state index in [0.29, 0.717) is 24.8 Å². The summed E-state index contributed by atoms with van der Waals surface area (Å²) in [6, 6.07) is 11.9. The van der Waals surface area contributed by atoms with Crippen molar-refractivity contribution in [1.29, 1.82) is 0 Å². The maximum atomic E-state index is 12.8. The van der Waals surface area contributed by atoms with Crippen LogP contribution in [0.2, 0.25) is 0 Å². The van der Waals surface area contributed by atoms with Crippen molar-refractivity contribution in [2.24, 2.45) is 0 Å². The zero-order valence-corrected chi connectivity index (χ0v) is 15.6.